The van der Waals surface area contributed by atoms with Gasteiger partial charge in [-0.05, 0) is 43.0 Å². The van der Waals surface area contributed by atoms with Crippen LogP contribution in [0.25, 0.3) is 10.9 Å². The average molecular weight is 496 g/mol. The van der Waals surface area contributed by atoms with Gasteiger partial charge in [-0.25, -0.2) is 8.78 Å². The van der Waals surface area contributed by atoms with Crippen LogP contribution in [0.15, 0.2) is 24.3 Å². The highest BCUT2D eigenvalue weighted by Crippen LogP contribution is 2.42. The van der Waals surface area contributed by atoms with Crippen molar-refractivity contribution in [1.82, 2.24) is 4.57 Å². The third-order valence-electron chi connectivity index (χ3n) is 6.47. The molecule has 0 radical (unpaired) electrons. The van der Waals surface area contributed by atoms with E-state index in [0.29, 0.717) is 0 Å². The highest BCUT2D eigenvalue weighted by atomic mass is 35.5. The lowest BCUT2D eigenvalue weighted by Gasteiger charge is -2.18. The lowest BCUT2D eigenvalue weighted by Crippen LogP contribution is -2.18. The number of aliphatic carboxylic acids is 1. The van der Waals surface area contributed by atoms with Crippen molar-refractivity contribution in [2.75, 3.05) is 0 Å². The molecule has 0 amide bonds. The highest BCUT2D eigenvalue weighted by Gasteiger charge is 2.34. The number of carbonyl (C=O) groups excluding carboxylic acids is 1. The normalized spacial score (nSPS) is 15.3. The third kappa shape index (κ3) is 4.08. The standard InChI is InChI=1S/C24H21Cl2F2NO4/c1-11-19(14(24(32)33)8-12-4-2-3-5-12)20-18(10-17(27)22(30)21(20)28)29(11)23(31)13-6-7-15(25)16(26)9-13/h6-7,9-10,12,14,30H,2-5,8H2,1H3,(H,32,33)/t14-/m0/s1. The fourth-order valence-corrected chi connectivity index (χ4v) is 5.18. The zero-order chi connectivity index (χ0) is 24.0. The van der Waals surface area contributed by atoms with Crippen molar-refractivity contribution >= 4 is 46.0 Å². The Morgan fingerprint density at radius 2 is 1.82 bits per heavy atom. The second kappa shape index (κ2) is 8.95. The molecule has 1 atom stereocenters. The van der Waals surface area contributed by atoms with Crippen molar-refractivity contribution in [2.24, 2.45) is 5.92 Å². The molecule has 174 valence electrons. The first-order chi connectivity index (χ1) is 15.6. The summed E-state index contributed by atoms with van der Waals surface area (Å²) in [5.74, 6) is -6.57. The minimum atomic E-state index is -1.29. The molecule has 1 aliphatic rings. The molecule has 4 rings (SSSR count). The van der Waals surface area contributed by atoms with Gasteiger partial charge >= 0.3 is 5.97 Å². The molecule has 1 aromatic heterocycles. The molecule has 3 aromatic rings. The van der Waals surface area contributed by atoms with Gasteiger partial charge in [0.2, 0.25) is 0 Å². The Morgan fingerprint density at radius 3 is 2.42 bits per heavy atom. The molecular weight excluding hydrogens is 475 g/mol. The number of aromatic nitrogens is 1. The predicted octanol–water partition coefficient (Wildman–Crippen LogP) is 6.68. The fourth-order valence-electron chi connectivity index (χ4n) is 4.88. The van der Waals surface area contributed by atoms with Gasteiger partial charge in [-0.2, -0.15) is 0 Å². The van der Waals surface area contributed by atoms with Crippen LogP contribution in [0, 0.1) is 24.5 Å². The lowest BCUT2D eigenvalue weighted by molar-refractivity contribution is -0.139. The first-order valence-corrected chi connectivity index (χ1v) is 11.3. The van der Waals surface area contributed by atoms with Crippen molar-refractivity contribution in [3.8, 4) is 5.75 Å². The van der Waals surface area contributed by atoms with Crippen molar-refractivity contribution in [2.45, 2.75) is 44.9 Å². The zero-order valence-corrected chi connectivity index (χ0v) is 19.2. The van der Waals surface area contributed by atoms with Crippen LogP contribution in [-0.4, -0.2) is 26.7 Å². The average Bonchev–Trinajstić information content (AvgIpc) is 3.37. The van der Waals surface area contributed by atoms with Gasteiger partial charge in [0.05, 0.1) is 21.5 Å². The Hall–Kier alpha value is -2.64. The summed E-state index contributed by atoms with van der Waals surface area (Å²) >= 11 is 12.0. The van der Waals surface area contributed by atoms with Gasteiger partial charge in [0, 0.05) is 22.7 Å². The van der Waals surface area contributed by atoms with E-state index < -0.39 is 35.2 Å². The monoisotopic (exact) mass is 495 g/mol. The number of aromatic hydroxyl groups is 1. The fraction of sp³-hybridized carbons (Fsp3) is 0.333. The molecule has 9 heteroatoms. The van der Waals surface area contributed by atoms with Gasteiger partial charge in [-0.3, -0.25) is 14.2 Å². The number of hydrogen-bond donors (Lipinski definition) is 2. The van der Waals surface area contributed by atoms with Crippen molar-refractivity contribution in [3.05, 3.63) is 62.8 Å². The summed E-state index contributed by atoms with van der Waals surface area (Å²) in [4.78, 5) is 25.7. The van der Waals surface area contributed by atoms with Crippen LogP contribution >= 0.6 is 23.2 Å². The molecule has 1 saturated carbocycles. The molecule has 0 saturated heterocycles. The van der Waals surface area contributed by atoms with Crippen molar-refractivity contribution < 1.29 is 28.6 Å². The van der Waals surface area contributed by atoms with E-state index in [4.69, 9.17) is 23.2 Å². The summed E-state index contributed by atoms with van der Waals surface area (Å²) in [7, 11) is 0. The maximum atomic E-state index is 15.2. The van der Waals surface area contributed by atoms with Crippen LogP contribution in [0.4, 0.5) is 8.78 Å². The lowest BCUT2D eigenvalue weighted by atomic mass is 9.86. The van der Waals surface area contributed by atoms with E-state index in [2.05, 4.69) is 0 Å². The number of hydrogen-bond acceptors (Lipinski definition) is 3. The SMILES string of the molecule is Cc1c([C@H](CC2CCCC2)C(=O)O)c2c(F)c(O)c(F)cc2n1C(=O)c1ccc(Cl)c(Cl)c1. The Kier molecular flexibility index (Phi) is 6.38. The number of halogens is 4. The topological polar surface area (TPSA) is 79.5 Å². The second-order valence-corrected chi connectivity index (χ2v) is 9.28. The Bertz CT molecular complexity index is 1280. The van der Waals surface area contributed by atoms with E-state index in [0.717, 1.165) is 36.3 Å². The Morgan fingerprint density at radius 1 is 1.15 bits per heavy atom. The quantitative estimate of drug-likeness (QED) is 0.413. The number of benzene rings is 2. The van der Waals surface area contributed by atoms with Gasteiger partial charge in [0.1, 0.15) is 0 Å². The number of carboxylic acids is 1. The molecule has 2 N–H and O–H groups in total. The molecule has 1 heterocycles. The molecule has 0 unspecified atom stereocenters. The number of carboxylic acid groups (broad SMARTS) is 1. The van der Waals surface area contributed by atoms with E-state index in [-0.39, 0.29) is 50.1 Å². The van der Waals surface area contributed by atoms with E-state index in [9.17, 15) is 24.2 Å². The van der Waals surface area contributed by atoms with Gasteiger partial charge in [0.25, 0.3) is 5.91 Å². The summed E-state index contributed by atoms with van der Waals surface area (Å²) in [6.07, 6.45) is 3.98. The first-order valence-electron chi connectivity index (χ1n) is 10.6. The largest absolute Gasteiger partial charge is 0.503 e. The Balaban J connectivity index is 1.98. The molecule has 0 aliphatic heterocycles. The summed E-state index contributed by atoms with van der Waals surface area (Å²) in [5, 5.41) is 20.0. The van der Waals surface area contributed by atoms with Gasteiger partial charge < -0.3 is 10.2 Å². The summed E-state index contributed by atoms with van der Waals surface area (Å²) in [6, 6.07) is 5.01. The molecule has 1 fully saturated rings. The summed E-state index contributed by atoms with van der Waals surface area (Å²) in [6.45, 7) is 1.49. The number of phenolic OH excluding ortho intramolecular Hbond substituents is 1. The third-order valence-corrected chi connectivity index (χ3v) is 7.21. The highest BCUT2D eigenvalue weighted by molar-refractivity contribution is 6.42. The van der Waals surface area contributed by atoms with Crippen LogP contribution < -0.4 is 0 Å². The molecule has 1 aliphatic carbocycles. The van der Waals surface area contributed by atoms with Crippen LogP contribution in [0.5, 0.6) is 5.75 Å². The van der Waals surface area contributed by atoms with Crippen LogP contribution in [0.1, 0.15) is 59.6 Å². The smallest absolute Gasteiger partial charge is 0.311 e. The maximum Gasteiger partial charge on any atom is 0.311 e. The maximum absolute atomic E-state index is 15.2. The number of carbonyl (C=O) groups is 2. The summed E-state index contributed by atoms with van der Waals surface area (Å²) in [5.41, 5.74) is 0.164. The molecule has 0 bridgehead atoms. The minimum absolute atomic E-state index is 0.0608. The van der Waals surface area contributed by atoms with Crippen molar-refractivity contribution in [3.63, 3.8) is 0 Å². The summed E-state index contributed by atoms with van der Waals surface area (Å²) < 4.78 is 30.6. The molecule has 33 heavy (non-hydrogen) atoms. The molecular formula is C24H21Cl2F2NO4. The van der Waals surface area contributed by atoms with Crippen molar-refractivity contribution in [1.29, 1.82) is 0 Å². The number of nitrogens with zero attached hydrogens (tertiary/aromatic N) is 1. The molecule has 5 nitrogen and oxygen atoms in total. The first kappa shape index (κ1) is 23.5. The predicted molar refractivity (Wildman–Crippen MR) is 121 cm³/mol. The minimum Gasteiger partial charge on any atom is -0.503 e. The van der Waals surface area contributed by atoms with Crippen LogP contribution in [-0.2, 0) is 4.79 Å². The van der Waals surface area contributed by atoms with E-state index in [1.54, 1.807) is 0 Å². The van der Waals surface area contributed by atoms with Gasteiger partial charge in [-0.1, -0.05) is 48.9 Å². The van der Waals surface area contributed by atoms with E-state index >= 15 is 4.39 Å². The Labute approximate surface area is 198 Å². The number of fused-ring (bicyclic) bond motifs is 1. The van der Waals surface area contributed by atoms with Gasteiger partial charge in [0.15, 0.2) is 17.4 Å². The molecule has 2 aromatic carbocycles. The number of rotatable bonds is 5. The van der Waals surface area contributed by atoms with Crippen LogP contribution in [0.3, 0.4) is 0 Å². The molecule has 0 spiro atoms. The zero-order valence-electron chi connectivity index (χ0n) is 17.7. The van der Waals surface area contributed by atoms with E-state index in [1.165, 1.54) is 25.1 Å². The number of phenols is 1. The van der Waals surface area contributed by atoms with Gasteiger partial charge in [-0.15, -0.1) is 0 Å². The second-order valence-electron chi connectivity index (χ2n) is 8.46. The van der Waals surface area contributed by atoms with E-state index in [1.807, 2.05) is 0 Å². The van der Waals surface area contributed by atoms with Crippen LogP contribution in [0.2, 0.25) is 10.0 Å².